The highest BCUT2D eigenvalue weighted by Gasteiger charge is 2.13. The molecule has 0 aliphatic rings. The number of methoxy groups -OCH3 is 3. The third-order valence-corrected chi connectivity index (χ3v) is 4.81. The Morgan fingerprint density at radius 2 is 1.61 bits per heavy atom. The van der Waals surface area contributed by atoms with E-state index in [1.807, 2.05) is 18.2 Å². The number of hydrogen-bond acceptors (Lipinski definition) is 5. The number of para-hydroxylation sites is 1. The highest BCUT2D eigenvalue weighted by molar-refractivity contribution is 14.0. The Bertz CT molecular complexity index is 778. The van der Waals surface area contributed by atoms with E-state index in [1.165, 1.54) is 5.69 Å². The van der Waals surface area contributed by atoms with E-state index >= 15 is 0 Å². The Morgan fingerprint density at radius 1 is 0.968 bits per heavy atom. The zero-order chi connectivity index (χ0) is 21.8. The number of guanidine groups is 1. The zero-order valence-electron chi connectivity index (χ0n) is 19.1. The molecule has 0 heterocycles. The standard InChI is InChI=1S/C23H34N4O3.HI/c1-6-27(19-11-8-7-9-12-19)14-10-13-25-23(24-2)26-17-18-15-20(28-3)22(30-5)21(16-18)29-4;/h7-9,11-12,15-16H,6,10,13-14,17H2,1-5H3,(H2,24,25,26);1H. The number of nitrogens with zero attached hydrogens (tertiary/aromatic N) is 2. The summed E-state index contributed by atoms with van der Waals surface area (Å²) >= 11 is 0. The average molecular weight is 542 g/mol. The van der Waals surface area contributed by atoms with Gasteiger partial charge in [0.25, 0.3) is 0 Å². The van der Waals surface area contributed by atoms with Crippen LogP contribution < -0.4 is 29.7 Å². The maximum atomic E-state index is 5.42. The summed E-state index contributed by atoms with van der Waals surface area (Å²) in [4.78, 5) is 6.68. The Morgan fingerprint density at radius 3 is 2.13 bits per heavy atom. The van der Waals surface area contributed by atoms with E-state index < -0.39 is 0 Å². The molecule has 0 spiro atoms. The molecule has 0 amide bonds. The summed E-state index contributed by atoms with van der Waals surface area (Å²) in [5.41, 5.74) is 2.26. The van der Waals surface area contributed by atoms with Crippen molar-refractivity contribution in [3.05, 3.63) is 48.0 Å². The number of halogens is 1. The molecule has 0 saturated carbocycles. The Labute approximate surface area is 203 Å². The number of benzene rings is 2. The highest BCUT2D eigenvalue weighted by Crippen LogP contribution is 2.38. The topological polar surface area (TPSA) is 67.4 Å². The number of hydrogen-bond donors (Lipinski definition) is 2. The number of rotatable bonds is 11. The van der Waals surface area contributed by atoms with Gasteiger partial charge < -0.3 is 29.7 Å². The smallest absolute Gasteiger partial charge is 0.203 e. The summed E-state index contributed by atoms with van der Waals surface area (Å²) < 4.78 is 16.2. The van der Waals surface area contributed by atoms with Crippen LogP contribution in [0.4, 0.5) is 5.69 Å². The average Bonchev–Trinajstić information content (AvgIpc) is 2.80. The number of aliphatic imine (C=N–C) groups is 1. The van der Waals surface area contributed by atoms with Gasteiger partial charge in [-0.25, -0.2) is 0 Å². The highest BCUT2D eigenvalue weighted by atomic mass is 127. The lowest BCUT2D eigenvalue weighted by Crippen LogP contribution is -2.38. The second-order valence-corrected chi connectivity index (χ2v) is 6.65. The maximum absolute atomic E-state index is 5.42. The minimum absolute atomic E-state index is 0. The lowest BCUT2D eigenvalue weighted by Gasteiger charge is -2.23. The fourth-order valence-corrected chi connectivity index (χ4v) is 3.23. The molecule has 172 valence electrons. The van der Waals surface area contributed by atoms with Crippen LogP contribution in [0, 0.1) is 0 Å². The van der Waals surface area contributed by atoms with Crippen molar-refractivity contribution in [2.24, 2.45) is 4.99 Å². The van der Waals surface area contributed by atoms with Crippen molar-refractivity contribution >= 4 is 35.6 Å². The van der Waals surface area contributed by atoms with E-state index in [9.17, 15) is 0 Å². The molecule has 0 aliphatic heterocycles. The second kappa shape index (κ2) is 14.6. The molecule has 0 unspecified atom stereocenters. The Balaban J connectivity index is 0.00000480. The summed E-state index contributed by atoms with van der Waals surface area (Å²) in [6.45, 7) is 5.56. The quantitative estimate of drug-likeness (QED) is 0.194. The van der Waals surface area contributed by atoms with Gasteiger partial charge in [0.05, 0.1) is 21.3 Å². The van der Waals surface area contributed by atoms with Gasteiger partial charge in [-0.15, -0.1) is 24.0 Å². The summed E-state index contributed by atoms with van der Waals surface area (Å²) in [5, 5.41) is 6.71. The monoisotopic (exact) mass is 542 g/mol. The van der Waals surface area contributed by atoms with Crippen molar-refractivity contribution in [3.8, 4) is 17.2 Å². The summed E-state index contributed by atoms with van der Waals surface area (Å²) in [7, 11) is 6.60. The first kappa shape index (κ1) is 26.7. The molecule has 0 aromatic heterocycles. The largest absolute Gasteiger partial charge is 0.493 e. The molecular weight excluding hydrogens is 507 g/mol. The van der Waals surface area contributed by atoms with Crippen LogP contribution in [0.2, 0.25) is 0 Å². The van der Waals surface area contributed by atoms with E-state index in [2.05, 4.69) is 51.7 Å². The van der Waals surface area contributed by atoms with E-state index in [-0.39, 0.29) is 24.0 Å². The summed E-state index contributed by atoms with van der Waals surface area (Å²) in [6, 6.07) is 14.4. The predicted octanol–water partition coefficient (Wildman–Crippen LogP) is 3.91. The van der Waals surface area contributed by atoms with Crippen LogP contribution in [0.25, 0.3) is 0 Å². The molecular formula is C23H35IN4O3. The molecule has 2 aromatic rings. The Hall–Kier alpha value is -2.36. The van der Waals surface area contributed by atoms with E-state index in [1.54, 1.807) is 28.4 Å². The van der Waals surface area contributed by atoms with Crippen molar-refractivity contribution in [3.63, 3.8) is 0 Å². The van der Waals surface area contributed by atoms with Crippen LogP contribution in [-0.2, 0) is 6.54 Å². The molecule has 7 nitrogen and oxygen atoms in total. The van der Waals surface area contributed by atoms with Crippen molar-refractivity contribution < 1.29 is 14.2 Å². The first-order valence-corrected chi connectivity index (χ1v) is 10.2. The maximum Gasteiger partial charge on any atom is 0.203 e. The zero-order valence-corrected chi connectivity index (χ0v) is 21.4. The van der Waals surface area contributed by atoms with Crippen LogP contribution >= 0.6 is 24.0 Å². The molecule has 0 saturated heterocycles. The lowest BCUT2D eigenvalue weighted by molar-refractivity contribution is 0.323. The first-order valence-electron chi connectivity index (χ1n) is 10.2. The van der Waals surface area contributed by atoms with Gasteiger partial charge in [-0.05, 0) is 43.2 Å². The lowest BCUT2D eigenvalue weighted by atomic mass is 10.2. The third kappa shape index (κ3) is 8.01. The number of nitrogens with one attached hydrogen (secondary N) is 2. The fourth-order valence-electron chi connectivity index (χ4n) is 3.23. The molecule has 0 aliphatic carbocycles. The van der Waals surface area contributed by atoms with Crippen molar-refractivity contribution in [2.45, 2.75) is 19.9 Å². The van der Waals surface area contributed by atoms with Gasteiger partial charge in [0.2, 0.25) is 5.75 Å². The van der Waals surface area contributed by atoms with E-state index in [4.69, 9.17) is 14.2 Å². The van der Waals surface area contributed by atoms with E-state index in [0.717, 1.165) is 37.6 Å². The van der Waals surface area contributed by atoms with Gasteiger partial charge in [-0.2, -0.15) is 0 Å². The first-order chi connectivity index (χ1) is 14.7. The molecule has 0 radical (unpaired) electrons. The summed E-state index contributed by atoms with van der Waals surface area (Å²) in [5.74, 6) is 2.62. The number of ether oxygens (including phenoxy) is 3. The van der Waals surface area contributed by atoms with Crippen LogP contribution in [0.15, 0.2) is 47.5 Å². The predicted molar refractivity (Wildman–Crippen MR) is 139 cm³/mol. The van der Waals surface area contributed by atoms with Crippen LogP contribution in [0.1, 0.15) is 18.9 Å². The Kier molecular flexibility index (Phi) is 12.6. The molecule has 0 fully saturated rings. The van der Waals surface area contributed by atoms with Crippen molar-refractivity contribution in [2.75, 3.05) is 52.9 Å². The normalized spacial score (nSPS) is 10.7. The number of anilines is 1. The molecule has 31 heavy (non-hydrogen) atoms. The van der Waals surface area contributed by atoms with Gasteiger partial charge in [0.15, 0.2) is 17.5 Å². The molecule has 2 N–H and O–H groups in total. The van der Waals surface area contributed by atoms with Crippen LogP contribution in [-0.4, -0.2) is 54.0 Å². The van der Waals surface area contributed by atoms with Gasteiger partial charge >= 0.3 is 0 Å². The van der Waals surface area contributed by atoms with Gasteiger partial charge in [0, 0.05) is 38.9 Å². The minimum atomic E-state index is 0. The minimum Gasteiger partial charge on any atom is -0.493 e. The fraction of sp³-hybridized carbons (Fsp3) is 0.435. The van der Waals surface area contributed by atoms with Gasteiger partial charge in [-0.3, -0.25) is 4.99 Å². The van der Waals surface area contributed by atoms with Gasteiger partial charge in [-0.1, -0.05) is 18.2 Å². The molecule has 2 aromatic carbocycles. The SMILES string of the molecule is CCN(CCCNC(=NC)NCc1cc(OC)c(OC)c(OC)c1)c1ccccc1.I. The molecule has 0 atom stereocenters. The second-order valence-electron chi connectivity index (χ2n) is 6.65. The van der Waals surface area contributed by atoms with Gasteiger partial charge in [0.1, 0.15) is 0 Å². The molecule has 0 bridgehead atoms. The third-order valence-electron chi connectivity index (χ3n) is 4.81. The van der Waals surface area contributed by atoms with E-state index in [0.29, 0.717) is 23.8 Å². The van der Waals surface area contributed by atoms with Crippen LogP contribution in [0.5, 0.6) is 17.2 Å². The molecule has 2 rings (SSSR count). The van der Waals surface area contributed by atoms with Crippen LogP contribution in [0.3, 0.4) is 0 Å². The molecule has 8 heteroatoms. The van der Waals surface area contributed by atoms with Crippen molar-refractivity contribution in [1.29, 1.82) is 0 Å². The summed E-state index contributed by atoms with van der Waals surface area (Å²) in [6.07, 6.45) is 1.01. The van der Waals surface area contributed by atoms with Crippen molar-refractivity contribution in [1.82, 2.24) is 10.6 Å².